The number of thiophene rings is 1. The highest BCUT2D eigenvalue weighted by Crippen LogP contribution is 2.14. The van der Waals surface area contributed by atoms with Gasteiger partial charge in [0.25, 0.3) is 5.91 Å². The van der Waals surface area contributed by atoms with Crippen LogP contribution in [0.3, 0.4) is 0 Å². The van der Waals surface area contributed by atoms with Crippen LogP contribution in [0.15, 0.2) is 41.1 Å². The Balaban J connectivity index is 1.61. The number of halogens is 1. The zero-order valence-electron chi connectivity index (χ0n) is 12.4. The summed E-state index contributed by atoms with van der Waals surface area (Å²) in [5, 5.41) is 4.26. The Kier molecular flexibility index (Phi) is 4.85. The normalized spacial score (nSPS) is 16.5. The Morgan fingerprint density at radius 1 is 1.18 bits per heavy atom. The van der Waals surface area contributed by atoms with Gasteiger partial charge in [-0.1, -0.05) is 6.07 Å². The molecule has 5 heteroatoms. The third-order valence-electron chi connectivity index (χ3n) is 3.93. The summed E-state index contributed by atoms with van der Waals surface area (Å²) in [6, 6.07) is 8.09. The van der Waals surface area contributed by atoms with Crippen LogP contribution in [-0.2, 0) is 6.54 Å². The second-order valence-corrected chi connectivity index (χ2v) is 6.34. The molecule has 3 nitrogen and oxygen atoms in total. The van der Waals surface area contributed by atoms with Crippen molar-refractivity contribution in [3.8, 4) is 0 Å². The van der Waals surface area contributed by atoms with Gasteiger partial charge < -0.3 is 4.90 Å². The van der Waals surface area contributed by atoms with Gasteiger partial charge in [0.2, 0.25) is 0 Å². The van der Waals surface area contributed by atoms with E-state index in [0.717, 1.165) is 32.6 Å². The smallest absolute Gasteiger partial charge is 0.254 e. The third-order valence-corrected chi connectivity index (χ3v) is 4.67. The Morgan fingerprint density at radius 3 is 2.86 bits per heavy atom. The van der Waals surface area contributed by atoms with Crippen LogP contribution in [0.2, 0.25) is 0 Å². The first-order chi connectivity index (χ1) is 10.7. The van der Waals surface area contributed by atoms with Gasteiger partial charge in [-0.3, -0.25) is 9.69 Å². The summed E-state index contributed by atoms with van der Waals surface area (Å²) in [7, 11) is 0. The summed E-state index contributed by atoms with van der Waals surface area (Å²) in [4.78, 5) is 16.7. The summed E-state index contributed by atoms with van der Waals surface area (Å²) in [5.41, 5.74) is 1.76. The van der Waals surface area contributed by atoms with Gasteiger partial charge in [-0.25, -0.2) is 4.39 Å². The lowest BCUT2D eigenvalue weighted by molar-refractivity contribution is 0.0760. The summed E-state index contributed by atoms with van der Waals surface area (Å²) in [6.45, 7) is 4.21. The predicted molar refractivity (Wildman–Crippen MR) is 86.5 cm³/mol. The minimum atomic E-state index is -0.361. The van der Waals surface area contributed by atoms with E-state index in [2.05, 4.69) is 21.7 Å². The molecule has 0 atom stereocenters. The Morgan fingerprint density at radius 2 is 2.09 bits per heavy atom. The monoisotopic (exact) mass is 318 g/mol. The van der Waals surface area contributed by atoms with Gasteiger partial charge in [0.15, 0.2) is 0 Å². The van der Waals surface area contributed by atoms with E-state index in [0.29, 0.717) is 12.1 Å². The number of carbonyl (C=O) groups is 1. The lowest BCUT2D eigenvalue weighted by Crippen LogP contribution is -2.35. The van der Waals surface area contributed by atoms with E-state index < -0.39 is 0 Å². The average molecular weight is 318 g/mol. The molecule has 0 aliphatic carbocycles. The second kappa shape index (κ2) is 7.03. The van der Waals surface area contributed by atoms with E-state index in [-0.39, 0.29) is 11.7 Å². The average Bonchev–Trinajstić information content (AvgIpc) is 2.91. The number of hydrogen-bond donors (Lipinski definition) is 0. The Hall–Kier alpha value is -1.72. The molecule has 116 valence electrons. The molecule has 1 amide bonds. The van der Waals surface area contributed by atoms with E-state index in [1.54, 1.807) is 23.5 Å². The van der Waals surface area contributed by atoms with Crippen molar-refractivity contribution in [1.82, 2.24) is 9.80 Å². The molecular formula is C17H19FN2OS. The van der Waals surface area contributed by atoms with Gasteiger partial charge >= 0.3 is 0 Å². The minimum Gasteiger partial charge on any atom is -0.337 e. The highest BCUT2D eigenvalue weighted by atomic mass is 32.1. The molecule has 0 radical (unpaired) electrons. The van der Waals surface area contributed by atoms with E-state index >= 15 is 0 Å². The first-order valence-electron chi connectivity index (χ1n) is 7.50. The molecule has 1 fully saturated rings. The zero-order chi connectivity index (χ0) is 15.4. The van der Waals surface area contributed by atoms with E-state index in [4.69, 9.17) is 0 Å². The van der Waals surface area contributed by atoms with Crippen LogP contribution in [0, 0.1) is 5.82 Å². The molecule has 2 heterocycles. The highest BCUT2D eigenvalue weighted by Gasteiger charge is 2.20. The molecule has 0 unspecified atom stereocenters. The number of hydrogen-bond acceptors (Lipinski definition) is 3. The van der Waals surface area contributed by atoms with Gasteiger partial charge in [-0.05, 0) is 47.0 Å². The van der Waals surface area contributed by atoms with Gasteiger partial charge in [-0.15, -0.1) is 0 Å². The van der Waals surface area contributed by atoms with Crippen LogP contribution >= 0.6 is 11.3 Å². The first-order valence-corrected chi connectivity index (χ1v) is 8.45. The lowest BCUT2D eigenvalue weighted by Gasteiger charge is -2.22. The standard InChI is InChI=1S/C17H19FN2OS/c18-16-4-1-3-15(11-16)17(21)20-7-2-6-19(8-9-20)12-14-5-10-22-13-14/h1,3-5,10-11,13H,2,6-9,12H2. The minimum absolute atomic E-state index is 0.0723. The molecule has 3 rings (SSSR count). The lowest BCUT2D eigenvalue weighted by atomic mass is 10.2. The van der Waals surface area contributed by atoms with Crippen LogP contribution in [0.5, 0.6) is 0 Å². The molecule has 22 heavy (non-hydrogen) atoms. The van der Waals surface area contributed by atoms with Crippen molar-refractivity contribution in [3.63, 3.8) is 0 Å². The van der Waals surface area contributed by atoms with E-state index in [1.807, 2.05) is 4.90 Å². The number of nitrogens with zero attached hydrogens (tertiary/aromatic N) is 2. The molecule has 1 saturated heterocycles. The molecule has 1 aliphatic rings. The first kappa shape index (κ1) is 15.2. The van der Waals surface area contributed by atoms with E-state index in [9.17, 15) is 9.18 Å². The maximum atomic E-state index is 13.3. The molecule has 1 aromatic heterocycles. The largest absolute Gasteiger partial charge is 0.337 e. The van der Waals surface area contributed by atoms with Crippen molar-refractivity contribution >= 4 is 17.2 Å². The van der Waals surface area contributed by atoms with Gasteiger partial charge in [0, 0.05) is 38.3 Å². The van der Waals surface area contributed by atoms with Crippen molar-refractivity contribution in [2.45, 2.75) is 13.0 Å². The van der Waals surface area contributed by atoms with E-state index in [1.165, 1.54) is 17.7 Å². The van der Waals surface area contributed by atoms with Gasteiger partial charge in [0.05, 0.1) is 0 Å². The second-order valence-electron chi connectivity index (χ2n) is 5.56. The highest BCUT2D eigenvalue weighted by molar-refractivity contribution is 7.07. The maximum Gasteiger partial charge on any atom is 0.254 e. The predicted octanol–water partition coefficient (Wildman–Crippen LogP) is 3.24. The quantitative estimate of drug-likeness (QED) is 0.867. The maximum absolute atomic E-state index is 13.3. The molecule has 1 aromatic carbocycles. The van der Waals surface area contributed by atoms with Gasteiger partial charge in [0.1, 0.15) is 5.82 Å². The molecule has 0 N–H and O–H groups in total. The molecule has 2 aromatic rings. The molecule has 1 aliphatic heterocycles. The van der Waals surface area contributed by atoms with Gasteiger partial charge in [-0.2, -0.15) is 11.3 Å². The number of benzene rings is 1. The molecule has 0 saturated carbocycles. The Bertz CT molecular complexity index is 629. The summed E-state index contributed by atoms with van der Waals surface area (Å²) in [5.74, 6) is -0.434. The van der Waals surface area contributed by atoms with Crippen molar-refractivity contribution in [2.24, 2.45) is 0 Å². The summed E-state index contributed by atoms with van der Waals surface area (Å²) >= 11 is 1.71. The fourth-order valence-electron chi connectivity index (χ4n) is 2.78. The van der Waals surface area contributed by atoms with Crippen LogP contribution in [0.4, 0.5) is 4.39 Å². The van der Waals surface area contributed by atoms with Crippen LogP contribution in [0.25, 0.3) is 0 Å². The third kappa shape index (κ3) is 3.72. The molecular weight excluding hydrogens is 299 g/mol. The van der Waals surface area contributed by atoms with Crippen LogP contribution in [0.1, 0.15) is 22.3 Å². The van der Waals surface area contributed by atoms with Crippen LogP contribution in [-0.4, -0.2) is 41.9 Å². The van der Waals surface area contributed by atoms with Crippen molar-refractivity contribution in [1.29, 1.82) is 0 Å². The molecule has 0 spiro atoms. The van der Waals surface area contributed by atoms with Crippen LogP contribution < -0.4 is 0 Å². The molecule has 0 bridgehead atoms. The fourth-order valence-corrected chi connectivity index (χ4v) is 3.44. The number of amides is 1. The topological polar surface area (TPSA) is 23.6 Å². The number of rotatable bonds is 3. The van der Waals surface area contributed by atoms with Crippen molar-refractivity contribution < 1.29 is 9.18 Å². The van der Waals surface area contributed by atoms with Crippen molar-refractivity contribution in [2.75, 3.05) is 26.2 Å². The summed E-state index contributed by atoms with van der Waals surface area (Å²) in [6.07, 6.45) is 0.950. The fraction of sp³-hybridized carbons (Fsp3) is 0.353. The zero-order valence-corrected chi connectivity index (χ0v) is 13.2. The Labute approximate surface area is 134 Å². The number of carbonyl (C=O) groups excluding carboxylic acids is 1. The SMILES string of the molecule is O=C(c1cccc(F)c1)N1CCCN(Cc2ccsc2)CC1. The van der Waals surface area contributed by atoms with Crippen molar-refractivity contribution in [3.05, 3.63) is 58.0 Å². The summed E-state index contributed by atoms with van der Waals surface area (Å²) < 4.78 is 13.3.